The van der Waals surface area contributed by atoms with Gasteiger partial charge in [-0.05, 0) is 18.4 Å². The Bertz CT molecular complexity index is 617. The highest BCUT2D eigenvalue weighted by Crippen LogP contribution is 2.58. The highest BCUT2D eigenvalue weighted by atomic mass is 16.6. The summed E-state index contributed by atoms with van der Waals surface area (Å²) in [5.74, 6) is 3.41. The highest BCUT2D eigenvalue weighted by Gasteiger charge is 2.53. The Balaban J connectivity index is 1.52. The number of methoxy groups -OCH3 is 1. The fourth-order valence-corrected chi connectivity index (χ4v) is 3.27. The number of rotatable bonds is 4. The van der Waals surface area contributed by atoms with Crippen LogP contribution in [0.25, 0.3) is 0 Å². The number of carbonyl (C=O) groups excluding carboxylic acids is 1. The average Bonchev–Trinajstić information content (AvgIpc) is 2.96. The van der Waals surface area contributed by atoms with Crippen molar-refractivity contribution in [2.75, 3.05) is 7.11 Å². The van der Waals surface area contributed by atoms with E-state index in [9.17, 15) is 4.79 Å². The molecule has 2 atom stereocenters. The zero-order valence-electron chi connectivity index (χ0n) is 11.3. The van der Waals surface area contributed by atoms with Crippen LogP contribution in [0.4, 0.5) is 0 Å². The van der Waals surface area contributed by atoms with Crippen LogP contribution < -0.4 is 4.74 Å². The molecular weight excluding hydrogens is 256 g/mol. The Morgan fingerprint density at radius 2 is 2.35 bits per heavy atom. The summed E-state index contributed by atoms with van der Waals surface area (Å²) in [6.07, 6.45) is 3.20. The number of aryl methyl sites for hydroxylation is 1. The van der Waals surface area contributed by atoms with Gasteiger partial charge < -0.3 is 14.2 Å². The molecule has 1 aromatic carbocycles. The van der Waals surface area contributed by atoms with E-state index in [2.05, 4.69) is 22.9 Å². The monoisotopic (exact) mass is 272 g/mol. The van der Waals surface area contributed by atoms with E-state index in [0.717, 1.165) is 36.5 Å². The van der Waals surface area contributed by atoms with Gasteiger partial charge in [0.15, 0.2) is 5.76 Å². The molecule has 0 spiro atoms. The van der Waals surface area contributed by atoms with Crippen LogP contribution >= 0.6 is 0 Å². The van der Waals surface area contributed by atoms with E-state index in [4.69, 9.17) is 9.47 Å². The summed E-state index contributed by atoms with van der Waals surface area (Å²) in [5, 5.41) is 0. The van der Waals surface area contributed by atoms with Gasteiger partial charge in [0.25, 0.3) is 0 Å². The Morgan fingerprint density at radius 1 is 1.45 bits per heavy atom. The smallest absolute Gasteiger partial charge is 0.305 e. The molecule has 0 bridgehead atoms. The first-order valence-corrected chi connectivity index (χ1v) is 7.04. The third-order valence-electron chi connectivity index (χ3n) is 4.29. The first kappa shape index (κ1) is 11.8. The number of para-hydroxylation sites is 1. The lowest BCUT2D eigenvalue weighted by Gasteiger charge is -2.12. The van der Waals surface area contributed by atoms with Crippen molar-refractivity contribution in [1.29, 1.82) is 0 Å². The lowest BCUT2D eigenvalue weighted by atomic mass is 9.94. The molecule has 4 rings (SSSR count). The minimum absolute atomic E-state index is 0.156. The fourth-order valence-electron chi connectivity index (χ4n) is 3.27. The summed E-state index contributed by atoms with van der Waals surface area (Å²) >= 11 is 0. The third kappa shape index (κ3) is 1.71. The Labute approximate surface area is 117 Å². The first-order valence-electron chi connectivity index (χ1n) is 7.04. The standard InChI is InChI=1S/C16H16O4/c1-18-13(17)7-3-5-9-4-2-6-10-14-11(19-15(9)10)8-12-16(14)20-12/h2,4,6,11,14H,3,5,7-8H2,1H3/t11-,14-/m1/s1. The van der Waals surface area contributed by atoms with Gasteiger partial charge in [-0.25, -0.2) is 0 Å². The van der Waals surface area contributed by atoms with Gasteiger partial charge >= 0.3 is 5.97 Å². The molecule has 3 aliphatic rings. The second-order valence-electron chi connectivity index (χ2n) is 5.49. The lowest BCUT2D eigenvalue weighted by Crippen LogP contribution is -2.16. The van der Waals surface area contributed by atoms with Crippen LogP contribution in [-0.4, -0.2) is 19.2 Å². The largest absolute Gasteiger partial charge is 0.488 e. The van der Waals surface area contributed by atoms with Gasteiger partial charge in [-0.3, -0.25) is 4.79 Å². The Hall–Kier alpha value is -1.97. The van der Waals surface area contributed by atoms with Crippen LogP contribution in [-0.2, 0) is 20.7 Å². The van der Waals surface area contributed by atoms with Crippen molar-refractivity contribution in [2.45, 2.75) is 37.7 Å². The van der Waals surface area contributed by atoms with Gasteiger partial charge in [-0.1, -0.05) is 18.2 Å². The number of hydrogen-bond donors (Lipinski definition) is 0. The van der Waals surface area contributed by atoms with Crippen molar-refractivity contribution in [3.63, 3.8) is 0 Å². The van der Waals surface area contributed by atoms with Crippen LogP contribution in [0.3, 0.4) is 0 Å². The molecule has 0 saturated heterocycles. The van der Waals surface area contributed by atoms with E-state index in [-0.39, 0.29) is 12.1 Å². The van der Waals surface area contributed by atoms with Crippen molar-refractivity contribution in [3.8, 4) is 5.75 Å². The predicted octanol–water partition coefficient (Wildman–Crippen LogP) is 2.67. The molecule has 0 aromatic heterocycles. The molecule has 2 aliphatic heterocycles. The summed E-state index contributed by atoms with van der Waals surface area (Å²) in [6.45, 7) is 0. The van der Waals surface area contributed by atoms with E-state index in [1.54, 1.807) is 0 Å². The van der Waals surface area contributed by atoms with Gasteiger partial charge in [0.05, 0.1) is 13.0 Å². The summed E-state index contributed by atoms with van der Waals surface area (Å²) in [5.41, 5.74) is 2.43. The summed E-state index contributed by atoms with van der Waals surface area (Å²) in [7, 11) is 1.42. The normalized spacial score (nSPS) is 24.4. The van der Waals surface area contributed by atoms with Gasteiger partial charge in [-0.15, -0.1) is 0 Å². The van der Waals surface area contributed by atoms with Crippen LogP contribution in [0.2, 0.25) is 0 Å². The summed E-state index contributed by atoms with van der Waals surface area (Å²) < 4.78 is 16.3. The molecular formula is C16H16O4. The third-order valence-corrected chi connectivity index (χ3v) is 4.29. The maximum Gasteiger partial charge on any atom is 0.305 e. The Kier molecular flexibility index (Phi) is 2.52. The molecule has 104 valence electrons. The number of benzene rings is 1. The van der Waals surface area contributed by atoms with Crippen LogP contribution in [0.1, 0.15) is 36.3 Å². The van der Waals surface area contributed by atoms with E-state index in [1.165, 1.54) is 18.2 Å². The van der Waals surface area contributed by atoms with Gasteiger partial charge in [-0.2, -0.15) is 0 Å². The molecule has 0 radical (unpaired) electrons. The van der Waals surface area contributed by atoms with E-state index < -0.39 is 0 Å². The Morgan fingerprint density at radius 3 is 3.20 bits per heavy atom. The van der Waals surface area contributed by atoms with Gasteiger partial charge in [0, 0.05) is 18.4 Å². The molecule has 20 heavy (non-hydrogen) atoms. The van der Waals surface area contributed by atoms with Crippen LogP contribution in [0.5, 0.6) is 5.75 Å². The fraction of sp³-hybridized carbons (Fsp3) is 0.438. The first-order chi connectivity index (χ1) is 9.78. The predicted molar refractivity (Wildman–Crippen MR) is 71.3 cm³/mol. The lowest BCUT2D eigenvalue weighted by molar-refractivity contribution is -0.140. The zero-order valence-corrected chi connectivity index (χ0v) is 11.3. The molecule has 2 heterocycles. The minimum atomic E-state index is -0.156. The quantitative estimate of drug-likeness (QED) is 0.791. The molecule has 0 amide bonds. The number of ether oxygens (including phenoxy) is 3. The number of fused-ring (bicyclic) bond motifs is 4. The molecule has 0 N–H and O–H groups in total. The highest BCUT2D eigenvalue weighted by molar-refractivity contribution is 5.69. The second kappa shape index (κ2) is 4.27. The van der Waals surface area contributed by atoms with E-state index in [0.29, 0.717) is 12.3 Å². The van der Waals surface area contributed by atoms with E-state index in [1.807, 2.05) is 0 Å². The van der Waals surface area contributed by atoms with Crippen molar-refractivity contribution in [2.24, 2.45) is 0 Å². The van der Waals surface area contributed by atoms with Crippen molar-refractivity contribution < 1.29 is 19.0 Å². The minimum Gasteiger partial charge on any atom is -0.488 e. The van der Waals surface area contributed by atoms with Crippen LogP contribution in [0.15, 0.2) is 29.7 Å². The molecule has 1 aromatic rings. The maximum atomic E-state index is 11.2. The molecule has 0 fully saturated rings. The molecule has 1 aliphatic carbocycles. The summed E-state index contributed by atoms with van der Waals surface area (Å²) in [4.78, 5) is 11.2. The zero-order chi connectivity index (χ0) is 13.7. The van der Waals surface area contributed by atoms with Crippen molar-refractivity contribution in [3.05, 3.63) is 40.8 Å². The average molecular weight is 272 g/mol. The van der Waals surface area contributed by atoms with Crippen LogP contribution in [0, 0.1) is 0 Å². The molecule has 4 nitrogen and oxygen atoms in total. The summed E-state index contributed by atoms with van der Waals surface area (Å²) in [6, 6.07) is 6.28. The SMILES string of the molecule is COC(=O)CCCc1cccc2c1O[C@@H]1CC3=C(O3)[C@H]21. The van der Waals surface area contributed by atoms with Crippen molar-refractivity contribution in [1.82, 2.24) is 0 Å². The molecule has 4 heteroatoms. The van der Waals surface area contributed by atoms with E-state index >= 15 is 0 Å². The van der Waals surface area contributed by atoms with Crippen molar-refractivity contribution >= 4 is 5.97 Å². The number of hydrogen-bond acceptors (Lipinski definition) is 4. The maximum absolute atomic E-state index is 11.2. The van der Waals surface area contributed by atoms with Gasteiger partial charge in [0.2, 0.25) is 0 Å². The number of esters is 1. The molecule has 0 saturated carbocycles. The topological polar surface area (TPSA) is 48.1 Å². The van der Waals surface area contributed by atoms with Gasteiger partial charge in [0.1, 0.15) is 17.6 Å². The molecule has 0 unspecified atom stereocenters. The number of carbonyl (C=O) groups is 1. The second-order valence-corrected chi connectivity index (χ2v) is 5.49.